The molecule has 0 aliphatic carbocycles. The molecule has 0 spiro atoms. The topological polar surface area (TPSA) is 43.3 Å². The fourth-order valence-electron chi connectivity index (χ4n) is 3.85. The van der Waals surface area contributed by atoms with Gasteiger partial charge in [0, 0.05) is 45.8 Å². The number of hydrogen-bond donors (Lipinski definition) is 1. The van der Waals surface area contributed by atoms with Crippen LogP contribution in [0.3, 0.4) is 0 Å². The van der Waals surface area contributed by atoms with Crippen molar-refractivity contribution in [3.8, 4) is 0 Å². The van der Waals surface area contributed by atoms with E-state index in [0.717, 1.165) is 44.2 Å². The van der Waals surface area contributed by atoms with Gasteiger partial charge in [0.25, 0.3) is 0 Å². The number of likely N-dealkylation sites (N-methyl/N-ethyl adjacent to an activating group) is 2. The van der Waals surface area contributed by atoms with Crippen LogP contribution in [0.15, 0.2) is 29.3 Å². The molecule has 3 rings (SSSR count). The average molecular weight is 505 g/mol. The minimum absolute atomic E-state index is 0. The number of piperazine rings is 1. The van der Waals surface area contributed by atoms with E-state index in [-0.39, 0.29) is 42.0 Å². The SMILES string of the molecule is CN=C(NCC1CN(C)CCN1C)N1CC(C)OC(c2ccc(F)cc2)C1.I. The first-order valence-corrected chi connectivity index (χ1v) is 9.71. The van der Waals surface area contributed by atoms with Crippen LogP contribution < -0.4 is 5.32 Å². The third kappa shape index (κ3) is 6.01. The van der Waals surface area contributed by atoms with Crippen LogP contribution >= 0.6 is 24.0 Å². The van der Waals surface area contributed by atoms with Gasteiger partial charge in [-0.2, -0.15) is 0 Å². The highest BCUT2D eigenvalue weighted by molar-refractivity contribution is 14.0. The van der Waals surface area contributed by atoms with Gasteiger partial charge in [0.15, 0.2) is 5.96 Å². The highest BCUT2D eigenvalue weighted by atomic mass is 127. The fourth-order valence-corrected chi connectivity index (χ4v) is 3.85. The zero-order chi connectivity index (χ0) is 19.4. The summed E-state index contributed by atoms with van der Waals surface area (Å²) < 4.78 is 19.3. The molecule has 0 aromatic heterocycles. The summed E-state index contributed by atoms with van der Waals surface area (Å²) in [6.07, 6.45) is -0.00720. The molecular weight excluding hydrogens is 472 g/mol. The second-order valence-corrected chi connectivity index (χ2v) is 7.72. The zero-order valence-corrected chi connectivity index (χ0v) is 19.6. The first-order chi connectivity index (χ1) is 13.0. The van der Waals surface area contributed by atoms with Crippen molar-refractivity contribution in [2.75, 3.05) is 60.4 Å². The van der Waals surface area contributed by atoms with Crippen molar-refractivity contribution in [3.63, 3.8) is 0 Å². The van der Waals surface area contributed by atoms with Crippen LogP contribution in [0, 0.1) is 5.82 Å². The number of halogens is 2. The van der Waals surface area contributed by atoms with Gasteiger partial charge in [-0.05, 0) is 38.7 Å². The summed E-state index contributed by atoms with van der Waals surface area (Å²) in [4.78, 5) is 11.5. The monoisotopic (exact) mass is 505 g/mol. The maximum Gasteiger partial charge on any atom is 0.193 e. The van der Waals surface area contributed by atoms with Crippen LogP contribution in [0.5, 0.6) is 0 Å². The van der Waals surface area contributed by atoms with Crippen molar-refractivity contribution in [1.29, 1.82) is 0 Å². The Balaban J connectivity index is 0.00000280. The fraction of sp³-hybridized carbons (Fsp3) is 0.650. The lowest BCUT2D eigenvalue weighted by molar-refractivity contribution is -0.0605. The third-order valence-electron chi connectivity index (χ3n) is 5.49. The Morgan fingerprint density at radius 3 is 2.57 bits per heavy atom. The quantitative estimate of drug-likeness (QED) is 0.387. The Hall–Kier alpha value is -0.970. The summed E-state index contributed by atoms with van der Waals surface area (Å²) in [7, 11) is 6.18. The van der Waals surface area contributed by atoms with E-state index < -0.39 is 0 Å². The molecule has 2 heterocycles. The van der Waals surface area contributed by atoms with Crippen LogP contribution in [0.4, 0.5) is 4.39 Å². The Bertz CT molecular complexity index is 644. The number of ether oxygens (including phenoxy) is 1. The standard InChI is InChI=1S/C20H32FN5O.HI/c1-15-12-26(14-19(27-15)16-5-7-17(21)8-6-16)20(22-2)23-11-18-13-24(3)9-10-25(18)4;/h5-8,15,18-19H,9-14H2,1-4H3,(H,22,23);1H. The van der Waals surface area contributed by atoms with Gasteiger partial charge in [0.1, 0.15) is 11.9 Å². The van der Waals surface area contributed by atoms with Crippen molar-refractivity contribution in [3.05, 3.63) is 35.6 Å². The highest BCUT2D eigenvalue weighted by Crippen LogP contribution is 2.25. The molecule has 2 aliphatic rings. The number of benzene rings is 1. The van der Waals surface area contributed by atoms with Crippen LogP contribution in [0.2, 0.25) is 0 Å². The minimum Gasteiger partial charge on any atom is -0.367 e. The van der Waals surface area contributed by atoms with Gasteiger partial charge in [0.05, 0.1) is 12.6 Å². The lowest BCUT2D eigenvalue weighted by Crippen LogP contribution is -2.57. The largest absolute Gasteiger partial charge is 0.367 e. The van der Waals surface area contributed by atoms with E-state index in [4.69, 9.17) is 4.74 Å². The Kier molecular flexibility index (Phi) is 8.91. The number of aliphatic imine (C=N–C) groups is 1. The number of morpholine rings is 1. The number of nitrogens with zero attached hydrogens (tertiary/aromatic N) is 4. The van der Waals surface area contributed by atoms with E-state index in [1.807, 2.05) is 7.05 Å². The van der Waals surface area contributed by atoms with Crippen LogP contribution in [0.25, 0.3) is 0 Å². The maximum atomic E-state index is 13.2. The number of nitrogens with one attached hydrogen (secondary N) is 1. The third-order valence-corrected chi connectivity index (χ3v) is 5.49. The summed E-state index contributed by atoms with van der Waals surface area (Å²) in [5, 5.41) is 3.55. The molecule has 28 heavy (non-hydrogen) atoms. The normalized spacial score (nSPS) is 27.4. The molecule has 1 N–H and O–H groups in total. The smallest absolute Gasteiger partial charge is 0.193 e. The molecule has 0 bridgehead atoms. The van der Waals surface area contributed by atoms with E-state index in [1.54, 1.807) is 12.1 Å². The van der Waals surface area contributed by atoms with Gasteiger partial charge < -0.3 is 19.9 Å². The molecule has 3 atom stereocenters. The van der Waals surface area contributed by atoms with Gasteiger partial charge in [-0.25, -0.2) is 4.39 Å². The van der Waals surface area contributed by atoms with E-state index in [9.17, 15) is 4.39 Å². The Morgan fingerprint density at radius 2 is 1.89 bits per heavy atom. The molecule has 3 unspecified atom stereocenters. The van der Waals surface area contributed by atoms with Gasteiger partial charge in [-0.1, -0.05) is 12.1 Å². The first kappa shape index (κ1) is 23.3. The lowest BCUT2D eigenvalue weighted by atomic mass is 10.1. The predicted octanol–water partition coefficient (Wildman–Crippen LogP) is 2.03. The Labute approximate surface area is 185 Å². The van der Waals surface area contributed by atoms with Crippen molar-refractivity contribution in [2.24, 2.45) is 4.99 Å². The molecule has 0 radical (unpaired) electrons. The molecule has 8 heteroatoms. The molecule has 6 nitrogen and oxygen atoms in total. The Morgan fingerprint density at radius 1 is 1.18 bits per heavy atom. The lowest BCUT2D eigenvalue weighted by Gasteiger charge is -2.41. The summed E-state index contributed by atoms with van der Waals surface area (Å²) in [6.45, 7) is 7.68. The van der Waals surface area contributed by atoms with E-state index in [2.05, 4.69) is 46.0 Å². The number of hydrogen-bond acceptors (Lipinski definition) is 4. The number of rotatable bonds is 3. The van der Waals surface area contributed by atoms with Crippen molar-refractivity contribution < 1.29 is 9.13 Å². The molecule has 2 aliphatic heterocycles. The van der Waals surface area contributed by atoms with Crippen LogP contribution in [-0.2, 0) is 4.74 Å². The minimum atomic E-state index is -0.224. The van der Waals surface area contributed by atoms with Gasteiger partial charge in [0.2, 0.25) is 0 Å². The molecule has 0 saturated carbocycles. The van der Waals surface area contributed by atoms with Gasteiger partial charge in [-0.3, -0.25) is 9.89 Å². The summed E-state index contributed by atoms with van der Waals surface area (Å²) in [5.74, 6) is 0.678. The molecule has 2 saturated heterocycles. The first-order valence-electron chi connectivity index (χ1n) is 9.71. The summed E-state index contributed by atoms with van der Waals surface area (Å²) in [5.41, 5.74) is 0.997. The second-order valence-electron chi connectivity index (χ2n) is 7.72. The zero-order valence-electron chi connectivity index (χ0n) is 17.3. The molecule has 1 aromatic carbocycles. The van der Waals surface area contributed by atoms with E-state index in [0.29, 0.717) is 12.6 Å². The second kappa shape index (κ2) is 10.7. The van der Waals surface area contributed by atoms with E-state index in [1.165, 1.54) is 12.1 Å². The van der Waals surface area contributed by atoms with Crippen molar-refractivity contribution >= 4 is 29.9 Å². The van der Waals surface area contributed by atoms with Gasteiger partial charge >= 0.3 is 0 Å². The van der Waals surface area contributed by atoms with E-state index >= 15 is 0 Å². The summed E-state index contributed by atoms with van der Waals surface area (Å²) >= 11 is 0. The van der Waals surface area contributed by atoms with Crippen LogP contribution in [0.1, 0.15) is 18.6 Å². The molecule has 1 aromatic rings. The molecule has 2 fully saturated rings. The highest BCUT2D eigenvalue weighted by Gasteiger charge is 2.29. The average Bonchev–Trinajstić information content (AvgIpc) is 2.65. The van der Waals surface area contributed by atoms with Crippen LogP contribution in [-0.4, -0.2) is 93.2 Å². The molecule has 0 amide bonds. The maximum absolute atomic E-state index is 13.2. The number of guanidine groups is 1. The van der Waals surface area contributed by atoms with Crippen molar-refractivity contribution in [2.45, 2.75) is 25.2 Å². The predicted molar refractivity (Wildman–Crippen MR) is 122 cm³/mol. The molecular formula is C20H33FIN5O. The van der Waals surface area contributed by atoms with Crippen molar-refractivity contribution in [1.82, 2.24) is 20.0 Å². The molecule has 158 valence electrons. The van der Waals surface area contributed by atoms with Gasteiger partial charge in [-0.15, -0.1) is 24.0 Å². The summed E-state index contributed by atoms with van der Waals surface area (Å²) in [6, 6.07) is 7.06.